The van der Waals surface area contributed by atoms with Gasteiger partial charge in [0.1, 0.15) is 0 Å². The average Bonchev–Trinajstić information content (AvgIpc) is 2.75. The van der Waals surface area contributed by atoms with Gasteiger partial charge in [0.25, 0.3) is 0 Å². The third-order valence-corrected chi connectivity index (χ3v) is 3.97. The van der Waals surface area contributed by atoms with E-state index in [0.29, 0.717) is 18.3 Å². The molecule has 1 amide bonds. The number of benzene rings is 1. The Balaban J connectivity index is 0. The summed E-state index contributed by atoms with van der Waals surface area (Å²) in [6, 6.07) is 16.5. The zero-order chi connectivity index (χ0) is 25.1. The smallest absolute Gasteiger partial charge is 0.305 e. The van der Waals surface area contributed by atoms with Gasteiger partial charge in [0.2, 0.25) is 5.91 Å². The van der Waals surface area contributed by atoms with Crippen molar-refractivity contribution >= 4 is 11.9 Å². The van der Waals surface area contributed by atoms with Crippen LogP contribution in [0.15, 0.2) is 54.7 Å². The molecule has 2 aromatic rings. The summed E-state index contributed by atoms with van der Waals surface area (Å²) in [5.41, 5.74) is 7.38. The largest absolute Gasteiger partial charge is 0.463 e. The van der Waals surface area contributed by atoms with Crippen LogP contribution in [0.25, 0.3) is 0 Å². The fourth-order valence-electron chi connectivity index (χ4n) is 1.90. The van der Waals surface area contributed by atoms with Crippen LogP contribution in [0, 0.1) is 5.92 Å². The highest BCUT2D eigenvalue weighted by Crippen LogP contribution is 2.11. The van der Waals surface area contributed by atoms with E-state index in [4.69, 9.17) is 10.5 Å². The predicted molar refractivity (Wildman–Crippen MR) is 134 cm³/mol. The van der Waals surface area contributed by atoms with E-state index in [1.807, 2.05) is 44.3 Å². The van der Waals surface area contributed by atoms with Gasteiger partial charge in [-0.15, -0.1) is 0 Å². The number of amides is 1. The number of aromatic nitrogens is 1. The minimum atomic E-state index is -0.241. The Morgan fingerprint density at radius 3 is 1.56 bits per heavy atom. The molecule has 1 heterocycles. The van der Waals surface area contributed by atoms with E-state index in [9.17, 15) is 9.59 Å². The number of hydrogen-bond donors (Lipinski definition) is 1. The summed E-state index contributed by atoms with van der Waals surface area (Å²) >= 11 is 0. The molecular weight excluding hydrogens is 400 g/mol. The van der Waals surface area contributed by atoms with Crippen LogP contribution in [0.3, 0.4) is 0 Å². The van der Waals surface area contributed by atoms with Crippen LogP contribution in [0.5, 0.6) is 0 Å². The number of pyridine rings is 1. The number of hydrogen-bond acceptors (Lipinski definition) is 4. The summed E-state index contributed by atoms with van der Waals surface area (Å²) in [6.07, 6.45) is 2.33. The topological polar surface area (TPSA) is 82.3 Å². The van der Waals surface area contributed by atoms with Gasteiger partial charge in [0.05, 0.1) is 6.10 Å². The third-order valence-electron chi connectivity index (χ3n) is 3.97. The lowest BCUT2D eigenvalue weighted by molar-refractivity contribution is -0.146. The second-order valence-electron chi connectivity index (χ2n) is 8.42. The molecule has 0 fully saturated rings. The Morgan fingerprint density at radius 1 is 0.844 bits per heavy atom. The number of primary amides is 1. The minimum Gasteiger partial charge on any atom is -0.463 e. The second-order valence-corrected chi connectivity index (χ2v) is 8.42. The van der Waals surface area contributed by atoms with Crippen molar-refractivity contribution in [3.05, 3.63) is 66.0 Å². The summed E-state index contributed by atoms with van der Waals surface area (Å²) in [7, 11) is 0. The van der Waals surface area contributed by atoms with Crippen molar-refractivity contribution in [3.8, 4) is 0 Å². The molecule has 2 rings (SSSR count). The van der Waals surface area contributed by atoms with Gasteiger partial charge < -0.3 is 10.5 Å². The molecule has 5 nitrogen and oxygen atoms in total. The molecule has 0 atom stereocenters. The van der Waals surface area contributed by atoms with Crippen molar-refractivity contribution in [2.75, 3.05) is 0 Å². The molecule has 180 valence electrons. The maximum absolute atomic E-state index is 10.4. The number of ether oxygens (including phenoxy) is 1. The Kier molecular flexibility index (Phi) is 18.7. The van der Waals surface area contributed by atoms with E-state index in [0.717, 1.165) is 5.69 Å². The summed E-state index contributed by atoms with van der Waals surface area (Å²) in [4.78, 5) is 24.5. The van der Waals surface area contributed by atoms with Crippen molar-refractivity contribution in [2.45, 2.75) is 86.7 Å². The van der Waals surface area contributed by atoms with Crippen LogP contribution in [-0.2, 0) is 14.3 Å². The number of rotatable bonds is 5. The van der Waals surface area contributed by atoms with Crippen molar-refractivity contribution < 1.29 is 14.3 Å². The normalized spacial score (nSPS) is 9.78. The molecule has 0 bridgehead atoms. The highest BCUT2D eigenvalue weighted by atomic mass is 16.5. The summed E-state index contributed by atoms with van der Waals surface area (Å²) in [5, 5.41) is 0. The average molecular weight is 445 g/mol. The highest BCUT2D eigenvalue weighted by Gasteiger charge is 1.99. The molecule has 32 heavy (non-hydrogen) atoms. The molecule has 2 N–H and O–H groups in total. The summed E-state index contributed by atoms with van der Waals surface area (Å²) in [5.74, 6) is 0.831. The molecule has 1 aromatic carbocycles. The van der Waals surface area contributed by atoms with Gasteiger partial charge in [-0.2, -0.15) is 0 Å². The van der Waals surface area contributed by atoms with Crippen molar-refractivity contribution in [1.29, 1.82) is 0 Å². The van der Waals surface area contributed by atoms with Gasteiger partial charge in [-0.1, -0.05) is 84.9 Å². The first-order valence-corrected chi connectivity index (χ1v) is 11.4. The number of carbonyl (C=O) groups is 2. The van der Waals surface area contributed by atoms with Gasteiger partial charge in [0, 0.05) is 24.2 Å². The fraction of sp³-hybridized carbons (Fsp3) is 0.519. The molecule has 0 unspecified atom stereocenters. The maximum Gasteiger partial charge on any atom is 0.305 e. The first-order chi connectivity index (χ1) is 14.9. The molecule has 0 saturated carbocycles. The first kappa shape index (κ1) is 31.5. The van der Waals surface area contributed by atoms with Crippen LogP contribution >= 0.6 is 0 Å². The first-order valence-electron chi connectivity index (χ1n) is 11.4. The van der Waals surface area contributed by atoms with Gasteiger partial charge in [-0.05, 0) is 43.4 Å². The Hall–Kier alpha value is -2.69. The zero-order valence-electron chi connectivity index (χ0n) is 21.5. The Morgan fingerprint density at radius 2 is 1.34 bits per heavy atom. The number of nitrogens with zero attached hydrogens (tertiary/aromatic N) is 1. The third kappa shape index (κ3) is 19.3. The van der Waals surface area contributed by atoms with Crippen molar-refractivity contribution in [1.82, 2.24) is 4.98 Å². The number of carbonyl (C=O) groups excluding carboxylic acids is 2. The van der Waals surface area contributed by atoms with Gasteiger partial charge in [-0.3, -0.25) is 14.6 Å². The molecule has 5 heteroatoms. The van der Waals surface area contributed by atoms with Crippen LogP contribution < -0.4 is 5.73 Å². The molecule has 0 aliphatic rings. The van der Waals surface area contributed by atoms with E-state index < -0.39 is 0 Å². The van der Waals surface area contributed by atoms with E-state index >= 15 is 0 Å². The van der Waals surface area contributed by atoms with Gasteiger partial charge in [-0.25, -0.2) is 0 Å². The summed E-state index contributed by atoms with van der Waals surface area (Å²) < 4.78 is 4.76. The zero-order valence-corrected chi connectivity index (χ0v) is 21.5. The Labute approximate surface area is 195 Å². The quantitative estimate of drug-likeness (QED) is 0.534. The van der Waals surface area contributed by atoms with E-state index in [-0.39, 0.29) is 23.9 Å². The minimum absolute atomic E-state index is 0.00926. The molecule has 0 radical (unpaired) electrons. The number of esters is 1. The SMILES string of the molecule is CC(C)C(N)=O.CC(C)c1ccccc1.CC(C)c1ccccn1.CCC(=O)OC(C)C. The molecular formula is C27H44N2O3. The van der Waals surface area contributed by atoms with E-state index in [2.05, 4.69) is 56.9 Å². The van der Waals surface area contributed by atoms with Crippen LogP contribution in [0.1, 0.15) is 91.8 Å². The molecule has 1 aromatic heterocycles. The molecule has 0 aliphatic carbocycles. The van der Waals surface area contributed by atoms with Crippen LogP contribution in [-0.4, -0.2) is 23.0 Å². The van der Waals surface area contributed by atoms with Crippen LogP contribution in [0.2, 0.25) is 0 Å². The monoisotopic (exact) mass is 444 g/mol. The lowest BCUT2D eigenvalue weighted by Crippen LogP contribution is -2.17. The van der Waals surface area contributed by atoms with Crippen molar-refractivity contribution in [2.24, 2.45) is 11.7 Å². The molecule has 0 saturated heterocycles. The van der Waals surface area contributed by atoms with Gasteiger partial charge in [0.15, 0.2) is 0 Å². The lowest BCUT2D eigenvalue weighted by atomic mass is 10.0. The van der Waals surface area contributed by atoms with E-state index in [1.54, 1.807) is 20.8 Å². The second kappa shape index (κ2) is 19.0. The van der Waals surface area contributed by atoms with Gasteiger partial charge >= 0.3 is 5.97 Å². The standard InChI is InChI=1S/C9H12.C8H11N.C6H12O2.C4H9NO/c1-8(2)9-6-4-3-5-7-9;1-7(2)8-5-3-4-6-9-8;1-4-6(7)8-5(2)3;1-3(2)4(5)6/h3-8H,1-2H3;3-7H,1-2H3;5H,4H2,1-3H3;3H,1-2H3,(H2,5,6). The van der Waals surface area contributed by atoms with Crippen LogP contribution in [0.4, 0.5) is 0 Å². The summed E-state index contributed by atoms with van der Waals surface area (Å²) in [6.45, 7) is 17.7. The molecule has 0 aliphatic heterocycles. The fourth-order valence-corrected chi connectivity index (χ4v) is 1.90. The van der Waals surface area contributed by atoms with E-state index in [1.165, 1.54) is 5.56 Å². The highest BCUT2D eigenvalue weighted by molar-refractivity contribution is 5.75. The predicted octanol–water partition coefficient (Wildman–Crippen LogP) is 6.49. The lowest BCUT2D eigenvalue weighted by Gasteiger charge is -2.04. The molecule has 0 spiro atoms. The number of nitrogens with two attached hydrogens (primary N) is 1. The Bertz CT molecular complexity index is 669. The van der Waals surface area contributed by atoms with Crippen molar-refractivity contribution in [3.63, 3.8) is 0 Å². The maximum atomic E-state index is 10.4.